The molecule has 0 unspecified atom stereocenters. The molecule has 2 rings (SSSR count). The summed E-state index contributed by atoms with van der Waals surface area (Å²) in [5.41, 5.74) is 6.67. The molecule has 0 spiro atoms. The summed E-state index contributed by atoms with van der Waals surface area (Å²) in [6, 6.07) is 8.12. The first-order valence-corrected chi connectivity index (χ1v) is 5.80. The Morgan fingerprint density at radius 1 is 1.22 bits per heavy atom. The number of anilines is 2. The smallest absolute Gasteiger partial charge is 0.274 e. The zero-order valence-electron chi connectivity index (χ0n) is 9.15. The lowest BCUT2D eigenvalue weighted by atomic mass is 10.3. The Balaban J connectivity index is 2.21. The molecule has 0 aliphatic carbocycles. The number of amides is 1. The number of nitrogens with zero attached hydrogens (tertiary/aromatic N) is 1. The van der Waals surface area contributed by atoms with Gasteiger partial charge in [0.15, 0.2) is 0 Å². The number of rotatable bonds is 2. The van der Waals surface area contributed by atoms with Crippen LogP contribution in [0.15, 0.2) is 36.5 Å². The third-order valence-electron chi connectivity index (χ3n) is 2.22. The molecule has 0 aliphatic rings. The number of halogens is 2. The van der Waals surface area contributed by atoms with Crippen LogP contribution < -0.4 is 11.1 Å². The Bertz CT molecular complexity index is 584. The van der Waals surface area contributed by atoms with Gasteiger partial charge in [-0.15, -0.1) is 0 Å². The summed E-state index contributed by atoms with van der Waals surface area (Å²) in [6.07, 6.45) is 1.41. The number of nitrogens with two attached hydrogens (primary N) is 1. The van der Waals surface area contributed by atoms with Gasteiger partial charge in [0.05, 0.1) is 27.6 Å². The minimum atomic E-state index is -0.376. The third-order valence-corrected chi connectivity index (χ3v) is 3.04. The highest BCUT2D eigenvalue weighted by Gasteiger charge is 2.10. The highest BCUT2D eigenvalue weighted by molar-refractivity contribution is 6.44. The van der Waals surface area contributed by atoms with E-state index in [1.807, 2.05) is 0 Å². The molecule has 92 valence electrons. The van der Waals surface area contributed by atoms with E-state index in [2.05, 4.69) is 10.3 Å². The molecule has 2 aromatic rings. The first kappa shape index (κ1) is 12.7. The first-order valence-electron chi connectivity index (χ1n) is 5.05. The molecule has 0 radical (unpaired) electrons. The van der Waals surface area contributed by atoms with Crippen molar-refractivity contribution in [2.45, 2.75) is 0 Å². The average Bonchev–Trinajstić information content (AvgIpc) is 2.36. The van der Waals surface area contributed by atoms with E-state index in [-0.39, 0.29) is 11.6 Å². The van der Waals surface area contributed by atoms with Crippen molar-refractivity contribution in [3.63, 3.8) is 0 Å². The Kier molecular flexibility index (Phi) is 3.69. The van der Waals surface area contributed by atoms with Crippen molar-refractivity contribution in [3.05, 3.63) is 52.3 Å². The highest BCUT2D eigenvalue weighted by Crippen LogP contribution is 2.29. The number of benzene rings is 1. The molecule has 0 saturated heterocycles. The molecule has 1 aromatic carbocycles. The van der Waals surface area contributed by atoms with E-state index in [0.717, 1.165) is 0 Å². The van der Waals surface area contributed by atoms with Crippen molar-refractivity contribution in [2.75, 3.05) is 11.1 Å². The zero-order valence-corrected chi connectivity index (χ0v) is 10.7. The van der Waals surface area contributed by atoms with E-state index < -0.39 is 0 Å². The maximum atomic E-state index is 11.9. The molecular weight excluding hydrogens is 273 g/mol. The average molecular weight is 282 g/mol. The van der Waals surface area contributed by atoms with E-state index in [9.17, 15) is 4.79 Å². The lowest BCUT2D eigenvalue weighted by Gasteiger charge is -2.07. The SMILES string of the molecule is Nc1ccc(C(=O)Nc2cccc(Cl)c2Cl)nc1. The molecule has 1 aromatic heterocycles. The highest BCUT2D eigenvalue weighted by atomic mass is 35.5. The molecular formula is C12H9Cl2N3O. The second-order valence-electron chi connectivity index (χ2n) is 3.53. The second kappa shape index (κ2) is 5.25. The molecule has 6 heteroatoms. The van der Waals surface area contributed by atoms with Crippen molar-refractivity contribution >= 4 is 40.5 Å². The number of carbonyl (C=O) groups is 1. The lowest BCUT2D eigenvalue weighted by Crippen LogP contribution is -2.14. The van der Waals surface area contributed by atoms with Crippen LogP contribution >= 0.6 is 23.2 Å². The van der Waals surface area contributed by atoms with E-state index >= 15 is 0 Å². The molecule has 0 saturated carbocycles. The van der Waals surface area contributed by atoms with Crippen molar-refractivity contribution in [2.24, 2.45) is 0 Å². The Labute approximate surface area is 114 Å². The number of aromatic nitrogens is 1. The number of pyridine rings is 1. The normalized spacial score (nSPS) is 10.1. The molecule has 4 nitrogen and oxygen atoms in total. The van der Waals surface area contributed by atoms with Gasteiger partial charge in [-0.3, -0.25) is 4.79 Å². The Hall–Kier alpha value is -1.78. The summed E-state index contributed by atoms with van der Waals surface area (Å²) >= 11 is 11.8. The Morgan fingerprint density at radius 2 is 2.00 bits per heavy atom. The van der Waals surface area contributed by atoms with Crippen molar-refractivity contribution in [3.8, 4) is 0 Å². The lowest BCUT2D eigenvalue weighted by molar-refractivity contribution is 0.102. The van der Waals surface area contributed by atoms with E-state index in [1.165, 1.54) is 12.3 Å². The van der Waals surface area contributed by atoms with Gasteiger partial charge in [0.25, 0.3) is 5.91 Å². The largest absolute Gasteiger partial charge is 0.397 e. The van der Waals surface area contributed by atoms with Gasteiger partial charge < -0.3 is 11.1 Å². The van der Waals surface area contributed by atoms with Crippen LogP contribution in [0.1, 0.15) is 10.5 Å². The van der Waals surface area contributed by atoms with Gasteiger partial charge in [-0.2, -0.15) is 0 Å². The van der Waals surface area contributed by atoms with E-state index in [0.29, 0.717) is 21.4 Å². The number of hydrogen-bond acceptors (Lipinski definition) is 3. The summed E-state index contributed by atoms with van der Waals surface area (Å²) < 4.78 is 0. The first-order chi connectivity index (χ1) is 8.58. The van der Waals surface area contributed by atoms with Gasteiger partial charge in [-0.05, 0) is 24.3 Å². The minimum absolute atomic E-state index is 0.250. The van der Waals surface area contributed by atoms with Gasteiger partial charge in [0.2, 0.25) is 0 Å². The van der Waals surface area contributed by atoms with E-state index in [4.69, 9.17) is 28.9 Å². The molecule has 0 aliphatic heterocycles. The fourth-order valence-corrected chi connectivity index (χ4v) is 1.67. The van der Waals surface area contributed by atoms with Gasteiger partial charge in [-0.25, -0.2) is 4.98 Å². The van der Waals surface area contributed by atoms with Crippen LogP contribution in [0.25, 0.3) is 0 Å². The van der Waals surface area contributed by atoms with Gasteiger partial charge in [-0.1, -0.05) is 29.3 Å². The molecule has 0 fully saturated rings. The number of carbonyl (C=O) groups excluding carboxylic acids is 1. The van der Waals surface area contributed by atoms with Crippen LogP contribution in [0.4, 0.5) is 11.4 Å². The standard InChI is InChI=1S/C12H9Cl2N3O/c13-8-2-1-3-9(11(8)14)17-12(18)10-5-4-7(15)6-16-10/h1-6H,15H2,(H,17,18). The molecule has 1 heterocycles. The van der Waals surface area contributed by atoms with Gasteiger partial charge in [0.1, 0.15) is 5.69 Å². The van der Waals surface area contributed by atoms with Crippen LogP contribution in [0.2, 0.25) is 10.0 Å². The predicted octanol–water partition coefficient (Wildman–Crippen LogP) is 3.22. The van der Waals surface area contributed by atoms with Gasteiger partial charge in [0, 0.05) is 0 Å². The second-order valence-corrected chi connectivity index (χ2v) is 4.32. The molecule has 0 atom stereocenters. The number of nitrogen functional groups attached to an aromatic ring is 1. The van der Waals surface area contributed by atoms with Crippen LogP contribution in [0.3, 0.4) is 0 Å². The maximum absolute atomic E-state index is 11.9. The van der Waals surface area contributed by atoms with Crippen molar-refractivity contribution in [1.29, 1.82) is 0 Å². The summed E-state index contributed by atoms with van der Waals surface area (Å²) in [5, 5.41) is 3.30. The molecule has 3 N–H and O–H groups in total. The fraction of sp³-hybridized carbons (Fsp3) is 0. The topological polar surface area (TPSA) is 68.0 Å². The fourth-order valence-electron chi connectivity index (χ4n) is 1.33. The summed E-state index contributed by atoms with van der Waals surface area (Å²) in [7, 11) is 0. The van der Waals surface area contributed by atoms with E-state index in [1.54, 1.807) is 24.3 Å². The summed E-state index contributed by atoms with van der Waals surface area (Å²) in [6.45, 7) is 0. The molecule has 0 bridgehead atoms. The quantitative estimate of drug-likeness (QED) is 0.888. The molecule has 18 heavy (non-hydrogen) atoms. The van der Waals surface area contributed by atoms with Crippen molar-refractivity contribution < 1.29 is 4.79 Å². The number of hydrogen-bond donors (Lipinski definition) is 2. The van der Waals surface area contributed by atoms with Crippen LogP contribution in [-0.4, -0.2) is 10.9 Å². The zero-order chi connectivity index (χ0) is 13.1. The van der Waals surface area contributed by atoms with Gasteiger partial charge >= 0.3 is 0 Å². The van der Waals surface area contributed by atoms with Crippen LogP contribution in [0.5, 0.6) is 0 Å². The van der Waals surface area contributed by atoms with Crippen LogP contribution in [0, 0.1) is 0 Å². The summed E-state index contributed by atoms with van der Waals surface area (Å²) in [5.74, 6) is -0.376. The monoisotopic (exact) mass is 281 g/mol. The predicted molar refractivity (Wildman–Crippen MR) is 73.1 cm³/mol. The minimum Gasteiger partial charge on any atom is -0.397 e. The van der Waals surface area contributed by atoms with Crippen LogP contribution in [-0.2, 0) is 0 Å². The number of nitrogens with one attached hydrogen (secondary N) is 1. The summed E-state index contributed by atoms with van der Waals surface area (Å²) in [4.78, 5) is 15.8. The van der Waals surface area contributed by atoms with Crippen molar-refractivity contribution in [1.82, 2.24) is 4.98 Å². The molecule has 1 amide bonds. The maximum Gasteiger partial charge on any atom is 0.274 e. The Morgan fingerprint density at radius 3 is 2.67 bits per heavy atom. The third kappa shape index (κ3) is 2.72.